The molecule has 0 spiro atoms. The van der Waals surface area contributed by atoms with Crippen LogP contribution in [-0.2, 0) is 13.0 Å². The molecule has 0 unspecified atom stereocenters. The van der Waals surface area contributed by atoms with Gasteiger partial charge in [0.15, 0.2) is 5.82 Å². The number of nitrogens with one attached hydrogen (secondary N) is 2. The molecule has 7 heteroatoms. The van der Waals surface area contributed by atoms with Crippen molar-refractivity contribution in [3.63, 3.8) is 0 Å². The van der Waals surface area contributed by atoms with Crippen LogP contribution in [0, 0.1) is 0 Å². The quantitative estimate of drug-likeness (QED) is 0.775. The number of amides is 1. The van der Waals surface area contributed by atoms with E-state index in [0.717, 1.165) is 23.0 Å². The Bertz CT molecular complexity index is 830. The Morgan fingerprint density at radius 2 is 2.23 bits per heavy atom. The van der Waals surface area contributed by atoms with Gasteiger partial charge in [0, 0.05) is 24.2 Å². The van der Waals surface area contributed by atoms with Gasteiger partial charge in [0.25, 0.3) is 5.91 Å². The Hall–Kier alpha value is -2.47. The number of fused-ring (bicyclic) bond motifs is 1. The third kappa shape index (κ3) is 2.78. The lowest BCUT2D eigenvalue weighted by molar-refractivity contribution is 0.0951. The molecule has 0 fully saturated rings. The van der Waals surface area contributed by atoms with Gasteiger partial charge in [-0.05, 0) is 17.5 Å². The Morgan fingerprint density at radius 3 is 3.00 bits per heavy atom. The van der Waals surface area contributed by atoms with Gasteiger partial charge in [-0.25, -0.2) is 4.98 Å². The minimum absolute atomic E-state index is 0.263. The molecule has 0 aliphatic heterocycles. The molecule has 2 N–H and O–H groups in total. The lowest BCUT2D eigenvalue weighted by Crippen LogP contribution is -2.24. The van der Waals surface area contributed by atoms with Gasteiger partial charge in [-0.2, -0.15) is 5.10 Å². The first-order valence-corrected chi connectivity index (χ1v) is 7.27. The van der Waals surface area contributed by atoms with Gasteiger partial charge >= 0.3 is 0 Å². The van der Waals surface area contributed by atoms with Crippen molar-refractivity contribution in [2.24, 2.45) is 0 Å². The molecule has 22 heavy (non-hydrogen) atoms. The van der Waals surface area contributed by atoms with Crippen molar-refractivity contribution in [2.75, 3.05) is 0 Å². The molecule has 1 amide bonds. The van der Waals surface area contributed by atoms with Gasteiger partial charge in [0.05, 0.1) is 17.1 Å². The van der Waals surface area contributed by atoms with Gasteiger partial charge < -0.3 is 5.32 Å². The number of nitrogens with zero attached hydrogens (tertiary/aromatic N) is 3. The summed E-state index contributed by atoms with van der Waals surface area (Å²) in [6.45, 7) is 2.23. The van der Waals surface area contributed by atoms with Crippen LogP contribution in [-0.4, -0.2) is 26.1 Å². The fourth-order valence-corrected chi connectivity index (χ4v) is 2.44. The molecule has 0 saturated carbocycles. The number of aromatic nitrogens is 4. The van der Waals surface area contributed by atoms with Crippen molar-refractivity contribution in [1.82, 2.24) is 25.5 Å². The summed E-state index contributed by atoms with van der Waals surface area (Å²) in [7, 11) is 0. The number of hydrogen-bond donors (Lipinski definition) is 2. The molecule has 112 valence electrons. The Morgan fingerprint density at radius 1 is 1.36 bits per heavy atom. The number of aromatic amines is 1. The molecule has 0 atom stereocenters. The first-order chi connectivity index (χ1) is 10.7. The van der Waals surface area contributed by atoms with Crippen LogP contribution in [0.4, 0.5) is 0 Å². The Labute approximate surface area is 131 Å². The standard InChI is InChI=1S/C15H14ClN5O/c1-2-12-19-13(21-20-12)8-18-15(22)14-10-7-17-6-5-9(10)3-4-11(14)16/h3-7H,2,8H2,1H3,(H,18,22)(H,19,20,21). The number of rotatable bonds is 4. The van der Waals surface area contributed by atoms with E-state index >= 15 is 0 Å². The summed E-state index contributed by atoms with van der Waals surface area (Å²) >= 11 is 6.18. The minimum atomic E-state index is -0.266. The summed E-state index contributed by atoms with van der Waals surface area (Å²) in [5.74, 6) is 1.06. The van der Waals surface area contributed by atoms with Gasteiger partial charge in [-0.3, -0.25) is 14.9 Å². The number of benzene rings is 1. The predicted octanol–water partition coefficient (Wildman–Crippen LogP) is 2.50. The van der Waals surface area contributed by atoms with E-state index in [9.17, 15) is 4.79 Å². The van der Waals surface area contributed by atoms with Gasteiger partial charge in [0.1, 0.15) is 5.82 Å². The van der Waals surface area contributed by atoms with Gasteiger partial charge in [-0.15, -0.1) is 0 Å². The number of halogens is 1. The summed E-state index contributed by atoms with van der Waals surface area (Å²) in [6, 6.07) is 5.41. The highest BCUT2D eigenvalue weighted by molar-refractivity contribution is 6.35. The van der Waals surface area contributed by atoms with E-state index in [1.165, 1.54) is 0 Å². The van der Waals surface area contributed by atoms with Gasteiger partial charge in [0.2, 0.25) is 0 Å². The molecule has 0 saturated heterocycles. The first-order valence-electron chi connectivity index (χ1n) is 6.89. The molecule has 1 aromatic carbocycles. The second kappa shape index (κ2) is 6.11. The Kier molecular flexibility index (Phi) is 4.02. The number of H-pyrrole nitrogens is 1. The highest BCUT2D eigenvalue weighted by atomic mass is 35.5. The molecule has 0 radical (unpaired) electrons. The van der Waals surface area contributed by atoms with E-state index in [4.69, 9.17) is 11.6 Å². The zero-order chi connectivity index (χ0) is 15.5. The van der Waals surface area contributed by atoms with Crippen LogP contribution in [0.3, 0.4) is 0 Å². The molecule has 3 rings (SSSR count). The van der Waals surface area contributed by atoms with E-state index < -0.39 is 0 Å². The maximum atomic E-state index is 12.4. The molecule has 2 heterocycles. The van der Waals surface area contributed by atoms with Gasteiger partial charge in [-0.1, -0.05) is 24.6 Å². The zero-order valence-electron chi connectivity index (χ0n) is 11.9. The van der Waals surface area contributed by atoms with Crippen LogP contribution in [0.25, 0.3) is 10.8 Å². The molecule has 0 aliphatic carbocycles. The summed E-state index contributed by atoms with van der Waals surface area (Å²) in [4.78, 5) is 20.8. The van der Waals surface area contributed by atoms with E-state index in [1.807, 2.05) is 19.1 Å². The van der Waals surface area contributed by atoms with E-state index in [-0.39, 0.29) is 12.5 Å². The van der Waals surface area contributed by atoms with Crippen LogP contribution < -0.4 is 5.32 Å². The molecule has 6 nitrogen and oxygen atoms in total. The number of pyridine rings is 1. The van der Waals surface area contributed by atoms with Crippen molar-refractivity contribution < 1.29 is 4.79 Å². The van der Waals surface area contributed by atoms with Crippen molar-refractivity contribution in [3.8, 4) is 0 Å². The molecule has 2 aromatic heterocycles. The van der Waals surface area contributed by atoms with Crippen LogP contribution in [0.2, 0.25) is 5.02 Å². The van der Waals surface area contributed by atoms with Crippen LogP contribution in [0.5, 0.6) is 0 Å². The van der Waals surface area contributed by atoms with Crippen LogP contribution in [0.15, 0.2) is 30.6 Å². The lowest BCUT2D eigenvalue weighted by atomic mass is 10.1. The average molecular weight is 316 g/mol. The molecule has 3 aromatic rings. The second-order valence-corrected chi connectivity index (χ2v) is 5.16. The molecular formula is C15H14ClN5O. The normalized spacial score (nSPS) is 10.8. The smallest absolute Gasteiger partial charge is 0.253 e. The third-order valence-corrected chi connectivity index (χ3v) is 3.62. The maximum Gasteiger partial charge on any atom is 0.253 e. The summed E-state index contributed by atoms with van der Waals surface area (Å²) < 4.78 is 0. The monoisotopic (exact) mass is 315 g/mol. The SMILES string of the molecule is CCc1n[nH]c(CNC(=O)c2c(Cl)ccc3ccncc23)n1. The fourth-order valence-electron chi connectivity index (χ4n) is 2.19. The largest absolute Gasteiger partial charge is 0.345 e. The van der Waals surface area contributed by atoms with E-state index in [0.29, 0.717) is 16.4 Å². The Balaban J connectivity index is 1.84. The topological polar surface area (TPSA) is 83.6 Å². The highest BCUT2D eigenvalue weighted by Gasteiger charge is 2.15. The fraction of sp³-hybridized carbons (Fsp3) is 0.200. The van der Waals surface area contributed by atoms with Crippen molar-refractivity contribution >= 4 is 28.3 Å². The van der Waals surface area contributed by atoms with E-state index in [2.05, 4.69) is 25.5 Å². The minimum Gasteiger partial charge on any atom is -0.345 e. The summed E-state index contributed by atoms with van der Waals surface area (Å²) in [5.41, 5.74) is 0.419. The predicted molar refractivity (Wildman–Crippen MR) is 83.7 cm³/mol. The third-order valence-electron chi connectivity index (χ3n) is 3.31. The zero-order valence-corrected chi connectivity index (χ0v) is 12.7. The molecule has 0 bridgehead atoms. The number of aryl methyl sites for hydroxylation is 1. The molecule has 0 aliphatic rings. The first kappa shape index (κ1) is 14.5. The highest BCUT2D eigenvalue weighted by Crippen LogP contribution is 2.25. The second-order valence-electron chi connectivity index (χ2n) is 4.75. The number of carbonyl (C=O) groups is 1. The van der Waals surface area contributed by atoms with Crippen molar-refractivity contribution in [2.45, 2.75) is 19.9 Å². The van der Waals surface area contributed by atoms with Crippen LogP contribution in [0.1, 0.15) is 28.9 Å². The number of carbonyl (C=O) groups excluding carboxylic acids is 1. The number of hydrogen-bond acceptors (Lipinski definition) is 4. The maximum absolute atomic E-state index is 12.4. The summed E-state index contributed by atoms with van der Waals surface area (Å²) in [6.07, 6.45) is 4.06. The van der Waals surface area contributed by atoms with E-state index in [1.54, 1.807) is 18.5 Å². The van der Waals surface area contributed by atoms with Crippen molar-refractivity contribution in [3.05, 3.63) is 52.8 Å². The van der Waals surface area contributed by atoms with Crippen molar-refractivity contribution in [1.29, 1.82) is 0 Å². The average Bonchev–Trinajstić information content (AvgIpc) is 3.00. The lowest BCUT2D eigenvalue weighted by Gasteiger charge is -2.08. The molecular weight excluding hydrogens is 302 g/mol. The van der Waals surface area contributed by atoms with Crippen LogP contribution >= 0.6 is 11.6 Å². The summed E-state index contributed by atoms with van der Waals surface area (Å²) in [5, 5.41) is 11.7.